The maximum absolute atomic E-state index is 12.8. The average Bonchev–Trinajstić information content (AvgIpc) is 2.88. The minimum atomic E-state index is -0.744. The van der Waals surface area contributed by atoms with E-state index in [9.17, 15) is 14.4 Å². The number of ether oxygens (including phenoxy) is 3. The van der Waals surface area contributed by atoms with Crippen LogP contribution in [0.1, 0.15) is 60.8 Å². The summed E-state index contributed by atoms with van der Waals surface area (Å²) in [7, 11) is 3.07. The fourth-order valence-corrected chi connectivity index (χ4v) is 3.95. The van der Waals surface area contributed by atoms with E-state index in [2.05, 4.69) is 10.6 Å². The Morgan fingerprint density at radius 1 is 1.18 bits per heavy atom. The van der Waals surface area contributed by atoms with Crippen LogP contribution < -0.4 is 10.6 Å². The first-order chi connectivity index (χ1) is 18.8. The summed E-state index contributed by atoms with van der Waals surface area (Å²) >= 11 is 5.88. The quantitative estimate of drug-likeness (QED) is 0.158. The lowest BCUT2D eigenvalue weighted by Gasteiger charge is -2.29. The number of hydrogen-bond acceptors (Lipinski definition) is 6. The first kappa shape index (κ1) is 34.9. The number of methoxy groups -OCH3 is 2. The Balaban J connectivity index is 2.66. The smallest absolute Gasteiger partial charge is 0.373 e. The second-order valence-corrected chi connectivity index (χ2v) is 11.4. The Labute approximate surface area is 244 Å². The highest BCUT2D eigenvalue weighted by molar-refractivity contribution is 6.29. The number of nitrogens with one attached hydrogen (secondary N) is 2. The number of esters is 1. The monoisotopic (exact) mass is 576 g/mol. The number of cyclic esters (lactones) is 1. The zero-order valence-electron chi connectivity index (χ0n) is 25.0. The SMILES string of the molecule is COC1=CC[C@@H]([C@@H](C)/C=C(C)/C=C\C=C/C(=O)N[C@H](C(=O)N/C=C\C[C@@H](C/C=C(\C)Cl)OC)C(C)(C)C)OC1=O. The molecule has 0 radical (unpaired) electrons. The molecule has 40 heavy (non-hydrogen) atoms. The molecule has 0 fully saturated rings. The Bertz CT molecular complexity index is 1040. The predicted molar refractivity (Wildman–Crippen MR) is 159 cm³/mol. The Morgan fingerprint density at radius 3 is 2.42 bits per heavy atom. The zero-order valence-corrected chi connectivity index (χ0v) is 25.7. The molecule has 1 rings (SSSR count). The number of allylic oxidation sites excluding steroid dienone is 5. The molecule has 222 valence electrons. The van der Waals surface area contributed by atoms with Crippen molar-refractivity contribution in [2.24, 2.45) is 11.3 Å². The average molecular weight is 577 g/mol. The molecule has 0 aromatic carbocycles. The van der Waals surface area contributed by atoms with Gasteiger partial charge in [0.2, 0.25) is 11.8 Å². The normalized spacial score (nSPS) is 19.4. The molecule has 0 unspecified atom stereocenters. The van der Waals surface area contributed by atoms with E-state index >= 15 is 0 Å². The van der Waals surface area contributed by atoms with Gasteiger partial charge in [0, 0.05) is 30.6 Å². The molecule has 0 bridgehead atoms. The topological polar surface area (TPSA) is 103 Å². The number of halogens is 1. The minimum absolute atomic E-state index is 0.00250. The third-order valence-corrected chi connectivity index (χ3v) is 6.35. The molecule has 0 aromatic rings. The van der Waals surface area contributed by atoms with Gasteiger partial charge in [0.15, 0.2) is 5.76 Å². The highest BCUT2D eigenvalue weighted by Crippen LogP contribution is 2.23. The molecule has 0 saturated heterocycles. The largest absolute Gasteiger partial charge is 0.490 e. The second kappa shape index (κ2) is 17.6. The molecule has 1 aliphatic rings. The van der Waals surface area contributed by atoms with E-state index in [-0.39, 0.29) is 35.7 Å². The van der Waals surface area contributed by atoms with Crippen LogP contribution in [-0.4, -0.2) is 50.3 Å². The molecule has 1 heterocycles. The van der Waals surface area contributed by atoms with E-state index in [1.165, 1.54) is 13.2 Å². The van der Waals surface area contributed by atoms with Crippen LogP contribution in [0.4, 0.5) is 0 Å². The van der Waals surface area contributed by atoms with E-state index in [1.807, 2.05) is 65.8 Å². The van der Waals surface area contributed by atoms with E-state index in [1.54, 1.807) is 31.5 Å². The summed E-state index contributed by atoms with van der Waals surface area (Å²) in [6.07, 6.45) is 17.2. The number of carbonyl (C=O) groups is 3. The van der Waals surface area contributed by atoms with Crippen LogP contribution >= 0.6 is 11.6 Å². The minimum Gasteiger partial charge on any atom is -0.490 e. The van der Waals surface area contributed by atoms with Gasteiger partial charge >= 0.3 is 5.97 Å². The lowest BCUT2D eigenvalue weighted by atomic mass is 9.86. The summed E-state index contributed by atoms with van der Waals surface area (Å²) in [5.41, 5.74) is 0.449. The third kappa shape index (κ3) is 13.3. The van der Waals surface area contributed by atoms with Gasteiger partial charge in [-0.3, -0.25) is 9.59 Å². The van der Waals surface area contributed by atoms with Crippen LogP contribution in [0.25, 0.3) is 0 Å². The Morgan fingerprint density at radius 2 is 1.85 bits per heavy atom. The first-order valence-corrected chi connectivity index (χ1v) is 13.8. The van der Waals surface area contributed by atoms with Gasteiger partial charge in [-0.2, -0.15) is 0 Å². The van der Waals surface area contributed by atoms with E-state index in [0.29, 0.717) is 24.3 Å². The standard InChI is InChI=1S/C31H45ClN2O6/c1-21(20-22(2)25-17-18-26(39-8)30(37)40-25)12-9-10-14-27(35)34-28(31(4,5)6)29(36)33-19-11-13-24(38-7)16-15-23(3)32/h9-12,14-15,18-20,22,24-25,28H,13,16-17H2,1-8H3,(H,33,36)(H,34,35)/b12-9-,14-10-,19-11-,21-20+,23-15+/t22-,24-,25-,28+/m0/s1. The molecule has 8 nitrogen and oxygen atoms in total. The zero-order chi connectivity index (χ0) is 30.3. The molecular weight excluding hydrogens is 532 g/mol. The van der Waals surface area contributed by atoms with E-state index < -0.39 is 17.4 Å². The summed E-state index contributed by atoms with van der Waals surface area (Å²) in [6, 6.07) is -0.744. The van der Waals surface area contributed by atoms with Crippen LogP contribution in [0, 0.1) is 11.3 Å². The van der Waals surface area contributed by atoms with Gasteiger partial charge in [-0.1, -0.05) is 81.3 Å². The van der Waals surface area contributed by atoms with Crippen molar-refractivity contribution in [3.63, 3.8) is 0 Å². The fraction of sp³-hybridized carbons (Fsp3) is 0.516. The van der Waals surface area contributed by atoms with Gasteiger partial charge in [-0.25, -0.2) is 4.79 Å². The maximum Gasteiger partial charge on any atom is 0.373 e. The van der Waals surface area contributed by atoms with Crippen molar-refractivity contribution in [1.29, 1.82) is 0 Å². The lowest BCUT2D eigenvalue weighted by molar-refractivity contribution is -0.151. The molecule has 0 spiro atoms. The molecular formula is C31H45ClN2O6. The number of hydrogen-bond donors (Lipinski definition) is 2. The molecule has 9 heteroatoms. The van der Waals surface area contributed by atoms with Crippen molar-refractivity contribution in [1.82, 2.24) is 10.6 Å². The van der Waals surface area contributed by atoms with Crippen molar-refractivity contribution in [2.75, 3.05) is 14.2 Å². The Hall–Kier alpha value is -3.10. The molecule has 0 aromatic heterocycles. The predicted octanol–water partition coefficient (Wildman–Crippen LogP) is 5.63. The van der Waals surface area contributed by atoms with Gasteiger partial charge in [0.05, 0.1) is 13.2 Å². The Kier molecular flexibility index (Phi) is 15.3. The van der Waals surface area contributed by atoms with Gasteiger partial charge in [0.25, 0.3) is 0 Å². The van der Waals surface area contributed by atoms with Crippen molar-refractivity contribution < 1.29 is 28.6 Å². The number of rotatable bonds is 14. The third-order valence-electron chi connectivity index (χ3n) is 6.20. The van der Waals surface area contributed by atoms with Gasteiger partial charge in [-0.15, -0.1) is 0 Å². The van der Waals surface area contributed by atoms with Crippen LogP contribution in [0.2, 0.25) is 0 Å². The molecule has 2 amide bonds. The van der Waals surface area contributed by atoms with E-state index in [0.717, 1.165) is 5.57 Å². The van der Waals surface area contributed by atoms with Crippen molar-refractivity contribution in [3.05, 3.63) is 71.2 Å². The van der Waals surface area contributed by atoms with Gasteiger partial charge in [0.1, 0.15) is 12.1 Å². The van der Waals surface area contributed by atoms with Gasteiger partial charge < -0.3 is 24.8 Å². The highest BCUT2D eigenvalue weighted by atomic mass is 35.5. The summed E-state index contributed by atoms with van der Waals surface area (Å²) in [5, 5.41) is 6.26. The van der Waals surface area contributed by atoms with Gasteiger partial charge in [-0.05, 0) is 44.4 Å². The lowest BCUT2D eigenvalue weighted by Crippen LogP contribution is -2.52. The summed E-state index contributed by atoms with van der Waals surface area (Å²) in [6.45, 7) is 11.4. The number of carbonyl (C=O) groups excluding carboxylic acids is 3. The van der Waals surface area contributed by atoms with Crippen molar-refractivity contribution in [2.45, 2.75) is 79.1 Å². The van der Waals surface area contributed by atoms with Crippen LogP contribution in [0.3, 0.4) is 0 Å². The maximum atomic E-state index is 12.8. The van der Waals surface area contributed by atoms with Crippen molar-refractivity contribution in [3.8, 4) is 0 Å². The highest BCUT2D eigenvalue weighted by Gasteiger charge is 2.32. The second-order valence-electron chi connectivity index (χ2n) is 10.8. The molecule has 2 N–H and O–H groups in total. The molecule has 1 aliphatic heterocycles. The molecule has 0 aliphatic carbocycles. The van der Waals surface area contributed by atoms with Crippen molar-refractivity contribution >= 4 is 29.4 Å². The van der Waals surface area contributed by atoms with Crippen LogP contribution in [-0.2, 0) is 28.6 Å². The summed E-state index contributed by atoms with van der Waals surface area (Å²) < 4.78 is 15.8. The molecule has 4 atom stereocenters. The van der Waals surface area contributed by atoms with E-state index in [4.69, 9.17) is 25.8 Å². The molecule has 0 saturated carbocycles. The first-order valence-electron chi connectivity index (χ1n) is 13.4. The summed E-state index contributed by atoms with van der Waals surface area (Å²) in [4.78, 5) is 37.3. The van der Waals surface area contributed by atoms with Crippen LogP contribution in [0.15, 0.2) is 71.2 Å². The van der Waals surface area contributed by atoms with Crippen LogP contribution in [0.5, 0.6) is 0 Å². The summed E-state index contributed by atoms with van der Waals surface area (Å²) in [5.74, 6) is -0.906. The number of amides is 2. The fourth-order valence-electron chi connectivity index (χ4n) is 3.86.